The van der Waals surface area contributed by atoms with Crippen molar-refractivity contribution in [1.29, 1.82) is 0 Å². The molecule has 1 atom stereocenters. The molecule has 2 aromatic heterocycles. The van der Waals surface area contributed by atoms with Crippen LogP contribution in [-0.2, 0) is 9.53 Å². The Balaban J connectivity index is 1.66. The van der Waals surface area contributed by atoms with Crippen LogP contribution < -0.4 is 14.9 Å². The number of esters is 1. The number of aromatic nitrogens is 3. The highest BCUT2D eigenvalue weighted by Crippen LogP contribution is 2.35. The van der Waals surface area contributed by atoms with Crippen LogP contribution in [0.3, 0.4) is 0 Å². The highest BCUT2D eigenvalue weighted by molar-refractivity contribution is 7.99. The summed E-state index contributed by atoms with van der Waals surface area (Å²) in [4.78, 5) is 52.8. The number of nitrogens with zero attached hydrogens (tertiary/aromatic N) is 5. The average Bonchev–Trinajstić information content (AvgIpc) is 3.32. The van der Waals surface area contributed by atoms with Gasteiger partial charge in [0.05, 0.1) is 38.3 Å². The van der Waals surface area contributed by atoms with Crippen molar-refractivity contribution < 1.29 is 14.5 Å². The predicted octanol–water partition coefficient (Wildman–Crippen LogP) is 5.55. The van der Waals surface area contributed by atoms with E-state index in [0.29, 0.717) is 48.6 Å². The number of rotatable bonds is 10. The molecule has 0 unspecified atom stereocenters. The average molecular weight is 630 g/mol. The molecule has 226 valence electrons. The van der Waals surface area contributed by atoms with Crippen LogP contribution in [0, 0.1) is 10.1 Å². The van der Waals surface area contributed by atoms with Gasteiger partial charge in [0.1, 0.15) is 0 Å². The summed E-state index contributed by atoms with van der Waals surface area (Å²) in [6.45, 7) is 8.15. The minimum atomic E-state index is -0.728. The third kappa shape index (κ3) is 6.41. The van der Waals surface area contributed by atoms with Crippen LogP contribution in [0.15, 0.2) is 92.0 Å². The lowest BCUT2D eigenvalue weighted by Crippen LogP contribution is -2.40. The van der Waals surface area contributed by atoms with Gasteiger partial charge in [-0.3, -0.25) is 19.5 Å². The summed E-state index contributed by atoms with van der Waals surface area (Å²) in [6.07, 6.45) is 6.05. The maximum absolute atomic E-state index is 14.0. The Morgan fingerprint density at radius 3 is 2.52 bits per heavy atom. The number of ether oxygens (including phenoxy) is 1. The predicted molar refractivity (Wildman–Crippen MR) is 169 cm³/mol. The lowest BCUT2D eigenvalue weighted by Gasteiger charge is -2.26. The molecule has 0 saturated carbocycles. The highest BCUT2D eigenvalue weighted by Gasteiger charge is 2.34. The van der Waals surface area contributed by atoms with Crippen LogP contribution in [0.25, 0.3) is 6.08 Å². The Hall–Kier alpha value is -4.42. The molecule has 0 aliphatic carbocycles. The topological polar surface area (TPSA) is 130 Å². The second-order valence-corrected chi connectivity index (χ2v) is 12.4. The molecule has 1 aliphatic rings. The molecule has 4 aromatic rings. The van der Waals surface area contributed by atoms with Crippen LogP contribution in [0.2, 0.25) is 0 Å². The largest absolute Gasteiger partial charge is 0.463 e. The van der Waals surface area contributed by atoms with Gasteiger partial charge in [-0.05, 0) is 65.9 Å². The zero-order valence-corrected chi connectivity index (χ0v) is 26.4. The van der Waals surface area contributed by atoms with Crippen LogP contribution in [0.4, 0.5) is 5.69 Å². The van der Waals surface area contributed by atoms with E-state index in [1.807, 2.05) is 31.2 Å². The van der Waals surface area contributed by atoms with Crippen LogP contribution in [0.1, 0.15) is 69.2 Å². The summed E-state index contributed by atoms with van der Waals surface area (Å²) < 4.78 is 7.35. The van der Waals surface area contributed by atoms with Crippen molar-refractivity contribution in [1.82, 2.24) is 14.5 Å². The van der Waals surface area contributed by atoms with Gasteiger partial charge in [-0.2, -0.15) is 0 Å². The number of carbonyl (C=O) groups excluding carboxylic acids is 1. The molecule has 0 fully saturated rings. The Labute approximate surface area is 262 Å². The van der Waals surface area contributed by atoms with Crippen molar-refractivity contribution in [2.75, 3.05) is 6.61 Å². The fourth-order valence-electron chi connectivity index (χ4n) is 4.94. The molecule has 12 heteroatoms. The number of allylic oxidation sites excluding steroid dienone is 1. The minimum absolute atomic E-state index is 0.123. The van der Waals surface area contributed by atoms with Crippen molar-refractivity contribution in [3.8, 4) is 0 Å². The molecule has 0 radical (unpaired) electrons. The van der Waals surface area contributed by atoms with Gasteiger partial charge in [0, 0.05) is 18.5 Å². The number of hydrogen-bond donors (Lipinski definition) is 0. The first-order chi connectivity index (χ1) is 21.2. The number of fused-ring (bicyclic) bond motifs is 1. The second kappa shape index (κ2) is 13.5. The van der Waals surface area contributed by atoms with E-state index in [1.165, 1.54) is 22.0 Å². The monoisotopic (exact) mass is 629 g/mol. The summed E-state index contributed by atoms with van der Waals surface area (Å²) in [5.74, 6) is -0.186. The SMILES string of the molecule is CCCC1=C(C(=O)OCC)[C@@H](c2ccc(C(C)C)cc2)n2c(s/c(=C/c3ccc(Sc4ncccn4)c([N+](=O)[O-])c3)c2=O)=N1. The highest BCUT2D eigenvalue weighted by atomic mass is 32.2. The molecule has 10 nitrogen and oxygen atoms in total. The number of nitro benzene ring substituents is 1. The van der Waals surface area contributed by atoms with E-state index in [2.05, 4.69) is 23.8 Å². The molecular weight excluding hydrogens is 599 g/mol. The van der Waals surface area contributed by atoms with Crippen molar-refractivity contribution in [3.05, 3.63) is 119 Å². The zero-order chi connectivity index (χ0) is 31.4. The molecule has 3 heterocycles. The van der Waals surface area contributed by atoms with Gasteiger partial charge < -0.3 is 4.74 Å². The molecule has 2 aromatic carbocycles. The summed E-state index contributed by atoms with van der Waals surface area (Å²) in [5, 5.41) is 12.4. The number of benzene rings is 2. The maximum Gasteiger partial charge on any atom is 0.338 e. The molecule has 1 aliphatic heterocycles. The lowest BCUT2D eigenvalue weighted by molar-refractivity contribution is -0.387. The summed E-state index contributed by atoms with van der Waals surface area (Å²) in [5.41, 5.74) is 2.87. The van der Waals surface area contributed by atoms with Crippen molar-refractivity contribution in [3.63, 3.8) is 0 Å². The van der Waals surface area contributed by atoms with E-state index >= 15 is 0 Å². The van der Waals surface area contributed by atoms with Crippen LogP contribution in [-0.4, -0.2) is 32.0 Å². The standard InChI is InChI=1S/C32H31N5O5S2/c1-5-8-23-27(30(39)42-6-2)28(22-12-10-21(11-13-22)19(3)4)36-29(38)26(44-32(36)35-23)18-20-9-14-25(24(17-20)37(40)41)43-31-33-15-7-16-34-31/h7,9-19,28H,5-6,8H2,1-4H3/b26-18+/t28-/m1/s1. The Morgan fingerprint density at radius 1 is 1.16 bits per heavy atom. The quantitative estimate of drug-likeness (QED) is 0.0966. The number of carbonyl (C=O) groups is 1. The third-order valence-corrected chi connectivity index (χ3v) is 8.97. The van der Waals surface area contributed by atoms with Gasteiger partial charge in [0.15, 0.2) is 9.96 Å². The Morgan fingerprint density at radius 2 is 1.89 bits per heavy atom. The third-order valence-electron chi connectivity index (χ3n) is 7.03. The van der Waals surface area contributed by atoms with E-state index < -0.39 is 16.9 Å². The van der Waals surface area contributed by atoms with Gasteiger partial charge >= 0.3 is 5.97 Å². The molecule has 5 rings (SSSR count). The van der Waals surface area contributed by atoms with Crippen LogP contribution >= 0.6 is 23.1 Å². The Kier molecular flexibility index (Phi) is 9.50. The Bertz CT molecular complexity index is 1910. The van der Waals surface area contributed by atoms with Gasteiger partial charge in [-0.15, -0.1) is 0 Å². The smallest absolute Gasteiger partial charge is 0.338 e. The van der Waals surface area contributed by atoms with Crippen molar-refractivity contribution >= 4 is 40.8 Å². The fourth-order valence-corrected chi connectivity index (χ4v) is 6.76. The van der Waals surface area contributed by atoms with Crippen LogP contribution in [0.5, 0.6) is 0 Å². The molecule has 44 heavy (non-hydrogen) atoms. The first-order valence-corrected chi connectivity index (χ1v) is 15.9. The van der Waals surface area contributed by atoms with E-state index in [0.717, 1.165) is 29.3 Å². The van der Waals surface area contributed by atoms with E-state index in [9.17, 15) is 19.7 Å². The molecule has 0 amide bonds. The lowest BCUT2D eigenvalue weighted by atomic mass is 9.92. The summed E-state index contributed by atoms with van der Waals surface area (Å²) >= 11 is 2.28. The second-order valence-electron chi connectivity index (χ2n) is 10.4. The maximum atomic E-state index is 14.0. The number of thiazole rings is 1. The summed E-state index contributed by atoms with van der Waals surface area (Å²) in [7, 11) is 0. The summed E-state index contributed by atoms with van der Waals surface area (Å²) in [6, 6.07) is 13.6. The van der Waals surface area contributed by atoms with E-state index in [4.69, 9.17) is 9.73 Å². The van der Waals surface area contributed by atoms with Gasteiger partial charge in [-0.25, -0.2) is 19.8 Å². The van der Waals surface area contributed by atoms with Gasteiger partial charge in [0.2, 0.25) is 0 Å². The minimum Gasteiger partial charge on any atom is -0.463 e. The van der Waals surface area contributed by atoms with Gasteiger partial charge in [0.25, 0.3) is 11.2 Å². The fraction of sp³-hybridized carbons (Fsp3) is 0.281. The molecule has 0 bridgehead atoms. The normalized spacial score (nSPS) is 14.8. The van der Waals surface area contributed by atoms with E-state index in [-0.39, 0.29) is 17.9 Å². The van der Waals surface area contributed by atoms with Crippen molar-refractivity contribution in [2.45, 2.75) is 62.5 Å². The molecule has 0 spiro atoms. The van der Waals surface area contributed by atoms with Crippen molar-refractivity contribution in [2.24, 2.45) is 4.99 Å². The molecule has 0 N–H and O–H groups in total. The zero-order valence-electron chi connectivity index (χ0n) is 24.7. The molecule has 0 saturated heterocycles. The first kappa shape index (κ1) is 31.0. The first-order valence-electron chi connectivity index (χ1n) is 14.3. The number of hydrogen-bond acceptors (Lipinski definition) is 10. The van der Waals surface area contributed by atoms with Gasteiger partial charge in [-0.1, -0.05) is 68.9 Å². The molecular formula is C32H31N5O5S2. The number of nitro groups is 1. The van der Waals surface area contributed by atoms with E-state index in [1.54, 1.807) is 43.6 Å².